The molecule has 5 rings (SSSR count). The van der Waals surface area contributed by atoms with Crippen LogP contribution in [0.4, 0.5) is 0 Å². The molecule has 1 amide bonds. The average molecular weight is 463 g/mol. The minimum atomic E-state index is -0.408. The summed E-state index contributed by atoms with van der Waals surface area (Å²) in [6, 6.07) is 10.5. The van der Waals surface area contributed by atoms with Crippen LogP contribution in [-0.2, 0) is 16.0 Å². The first kappa shape index (κ1) is 21.7. The van der Waals surface area contributed by atoms with Crippen LogP contribution in [-0.4, -0.2) is 62.9 Å². The fourth-order valence-electron chi connectivity index (χ4n) is 4.23. The number of carbonyl (C=O) groups is 1. The van der Waals surface area contributed by atoms with Gasteiger partial charge in [0.2, 0.25) is 5.17 Å². The molecule has 1 N–H and O–H groups in total. The molecule has 3 aliphatic rings. The molecule has 8 nitrogen and oxygen atoms in total. The molecular formula is C24H26N6O2S. The Morgan fingerprint density at radius 2 is 1.88 bits per heavy atom. The van der Waals surface area contributed by atoms with E-state index >= 15 is 0 Å². The van der Waals surface area contributed by atoms with Crippen LogP contribution in [0.25, 0.3) is 11.8 Å². The van der Waals surface area contributed by atoms with Crippen LogP contribution in [0.1, 0.15) is 29.4 Å². The molecule has 1 aromatic carbocycles. The highest BCUT2D eigenvalue weighted by atomic mass is 32.2. The van der Waals surface area contributed by atoms with E-state index in [1.165, 1.54) is 22.3 Å². The lowest BCUT2D eigenvalue weighted by Crippen LogP contribution is -2.39. The van der Waals surface area contributed by atoms with Crippen molar-refractivity contribution in [1.29, 1.82) is 5.41 Å². The largest absolute Gasteiger partial charge is 0.378 e. The zero-order valence-corrected chi connectivity index (χ0v) is 19.8. The molecule has 0 unspecified atom stereocenters. The Morgan fingerprint density at radius 1 is 1.15 bits per heavy atom. The lowest BCUT2D eigenvalue weighted by atomic mass is 10.1. The molecule has 1 aromatic heterocycles. The van der Waals surface area contributed by atoms with Crippen LogP contribution in [0.5, 0.6) is 0 Å². The molecule has 9 heteroatoms. The van der Waals surface area contributed by atoms with Crippen LogP contribution >= 0.6 is 11.8 Å². The van der Waals surface area contributed by atoms with Crippen molar-refractivity contribution in [3.05, 3.63) is 58.4 Å². The van der Waals surface area contributed by atoms with E-state index in [0.717, 1.165) is 47.3 Å². The minimum Gasteiger partial charge on any atom is -0.378 e. The smallest absolute Gasteiger partial charge is 0.283 e. The van der Waals surface area contributed by atoms with Gasteiger partial charge in [-0.2, -0.15) is 10.0 Å². The second kappa shape index (κ2) is 8.64. The number of aromatic nitrogens is 1. The molecule has 0 bridgehead atoms. The van der Waals surface area contributed by atoms with Gasteiger partial charge in [0.05, 0.1) is 18.8 Å². The SMILES string of the molecule is CCc1ccc(-n2c(C)cc(/C=C3/C(=N)N4N=C(N5CCOCC5)SC4=NC3=O)c2C)cc1. The monoisotopic (exact) mass is 462 g/mol. The lowest BCUT2D eigenvalue weighted by Gasteiger charge is -2.26. The van der Waals surface area contributed by atoms with Crippen molar-refractivity contribution in [3.8, 4) is 5.69 Å². The van der Waals surface area contributed by atoms with E-state index in [0.29, 0.717) is 18.4 Å². The number of morpholine rings is 1. The van der Waals surface area contributed by atoms with Crippen molar-refractivity contribution in [3.63, 3.8) is 0 Å². The molecule has 33 heavy (non-hydrogen) atoms. The van der Waals surface area contributed by atoms with Gasteiger partial charge >= 0.3 is 0 Å². The van der Waals surface area contributed by atoms with E-state index < -0.39 is 5.91 Å². The second-order valence-electron chi connectivity index (χ2n) is 8.18. The zero-order chi connectivity index (χ0) is 23.1. The van der Waals surface area contributed by atoms with Gasteiger partial charge in [-0.15, -0.1) is 5.10 Å². The number of hydrogen-bond acceptors (Lipinski definition) is 6. The van der Waals surface area contributed by atoms with Gasteiger partial charge in [0.25, 0.3) is 5.91 Å². The zero-order valence-electron chi connectivity index (χ0n) is 19.0. The third kappa shape index (κ3) is 3.91. The predicted molar refractivity (Wildman–Crippen MR) is 132 cm³/mol. The van der Waals surface area contributed by atoms with Gasteiger partial charge in [-0.3, -0.25) is 10.2 Å². The van der Waals surface area contributed by atoms with Crippen LogP contribution < -0.4 is 0 Å². The summed E-state index contributed by atoms with van der Waals surface area (Å²) in [6.07, 6.45) is 2.76. The number of nitrogens with zero attached hydrogens (tertiary/aromatic N) is 5. The third-order valence-electron chi connectivity index (χ3n) is 6.10. The third-order valence-corrected chi connectivity index (χ3v) is 7.07. The molecule has 0 radical (unpaired) electrons. The fraction of sp³-hybridized carbons (Fsp3) is 0.333. The van der Waals surface area contributed by atoms with Crippen LogP contribution in [0, 0.1) is 19.3 Å². The van der Waals surface area contributed by atoms with E-state index in [1.54, 1.807) is 6.08 Å². The van der Waals surface area contributed by atoms with Gasteiger partial charge in [-0.1, -0.05) is 19.1 Å². The normalized spacial score (nSPS) is 19.8. The lowest BCUT2D eigenvalue weighted by molar-refractivity contribution is -0.114. The Morgan fingerprint density at radius 3 is 2.58 bits per heavy atom. The van der Waals surface area contributed by atoms with Crippen LogP contribution in [0.3, 0.4) is 0 Å². The van der Waals surface area contributed by atoms with E-state index in [9.17, 15) is 4.79 Å². The quantitative estimate of drug-likeness (QED) is 0.705. The Hall–Kier alpha value is -3.17. The summed E-state index contributed by atoms with van der Waals surface area (Å²) in [4.78, 5) is 19.2. The first-order chi connectivity index (χ1) is 16.0. The summed E-state index contributed by atoms with van der Waals surface area (Å²) in [5.74, 6) is -0.354. The Labute approximate surface area is 197 Å². The van der Waals surface area contributed by atoms with E-state index in [4.69, 9.17) is 10.1 Å². The molecule has 2 aromatic rings. The topological polar surface area (TPSA) is 86.3 Å². The number of ether oxygens (including phenoxy) is 1. The number of amides is 1. The fourth-order valence-corrected chi connectivity index (χ4v) is 5.18. The number of carbonyl (C=O) groups excluding carboxylic acids is 1. The summed E-state index contributed by atoms with van der Waals surface area (Å²) in [6.45, 7) is 8.98. The number of nitrogens with one attached hydrogen (secondary N) is 1. The first-order valence-electron chi connectivity index (χ1n) is 11.1. The number of thioether (sulfide) groups is 1. The maximum Gasteiger partial charge on any atom is 0.283 e. The highest BCUT2D eigenvalue weighted by Crippen LogP contribution is 2.31. The van der Waals surface area contributed by atoms with Gasteiger partial charge < -0.3 is 14.2 Å². The summed E-state index contributed by atoms with van der Waals surface area (Å²) in [7, 11) is 0. The Balaban J connectivity index is 1.46. The molecule has 4 heterocycles. The van der Waals surface area contributed by atoms with Crippen molar-refractivity contribution in [2.75, 3.05) is 26.3 Å². The molecule has 0 spiro atoms. The van der Waals surface area contributed by atoms with Crippen LogP contribution in [0.15, 0.2) is 46.0 Å². The molecular weight excluding hydrogens is 436 g/mol. The van der Waals surface area contributed by atoms with E-state index in [-0.39, 0.29) is 11.4 Å². The Bertz CT molecular complexity index is 1220. The summed E-state index contributed by atoms with van der Waals surface area (Å²) >= 11 is 1.33. The Kier molecular flexibility index (Phi) is 5.67. The van der Waals surface area contributed by atoms with Gasteiger partial charge in [0.1, 0.15) is 0 Å². The average Bonchev–Trinajstić information content (AvgIpc) is 3.38. The standard InChI is InChI=1S/C24H26N6O2S/c1-4-17-5-7-19(8-6-17)29-15(2)13-18(16(29)3)14-20-21(25)30-23(26-22(20)31)33-24(27-30)28-9-11-32-12-10-28/h5-8,13-14,25H,4,9-12H2,1-3H3/b20-14-,25-21?. The highest BCUT2D eigenvalue weighted by Gasteiger charge is 2.37. The number of rotatable bonds is 3. The number of amidine groups is 3. The maximum absolute atomic E-state index is 12.9. The van der Waals surface area contributed by atoms with Gasteiger partial charge in [0, 0.05) is 30.2 Å². The minimum absolute atomic E-state index is 0.0536. The number of benzene rings is 1. The molecule has 0 atom stereocenters. The molecule has 1 saturated heterocycles. The second-order valence-corrected chi connectivity index (χ2v) is 9.12. The van der Waals surface area contributed by atoms with Gasteiger partial charge in [-0.05, 0) is 67.4 Å². The van der Waals surface area contributed by atoms with Gasteiger partial charge in [-0.25, -0.2) is 0 Å². The number of aliphatic imine (C=N–C) groups is 1. The first-order valence-corrected chi connectivity index (χ1v) is 11.9. The van der Waals surface area contributed by atoms with Gasteiger partial charge in [0.15, 0.2) is 11.0 Å². The predicted octanol–water partition coefficient (Wildman–Crippen LogP) is 3.57. The molecule has 0 aliphatic carbocycles. The molecule has 1 fully saturated rings. The van der Waals surface area contributed by atoms with Crippen molar-refractivity contribution in [2.24, 2.45) is 10.1 Å². The van der Waals surface area contributed by atoms with E-state index in [2.05, 4.69) is 50.8 Å². The summed E-state index contributed by atoms with van der Waals surface area (Å²) in [5, 5.41) is 15.9. The highest BCUT2D eigenvalue weighted by molar-refractivity contribution is 8.26. The number of aryl methyl sites for hydroxylation is 2. The summed E-state index contributed by atoms with van der Waals surface area (Å²) in [5.41, 5.74) is 5.57. The molecule has 3 aliphatic heterocycles. The maximum atomic E-state index is 12.9. The molecule has 0 saturated carbocycles. The van der Waals surface area contributed by atoms with E-state index in [1.807, 2.05) is 19.9 Å². The number of hydrazone groups is 1. The van der Waals surface area contributed by atoms with Crippen molar-refractivity contribution < 1.29 is 9.53 Å². The van der Waals surface area contributed by atoms with Crippen molar-refractivity contribution >= 4 is 39.9 Å². The summed E-state index contributed by atoms with van der Waals surface area (Å²) < 4.78 is 7.57. The number of fused-ring (bicyclic) bond motifs is 1. The van der Waals surface area contributed by atoms with Crippen molar-refractivity contribution in [2.45, 2.75) is 27.2 Å². The van der Waals surface area contributed by atoms with Crippen molar-refractivity contribution in [1.82, 2.24) is 14.5 Å². The molecule has 170 valence electrons. The van der Waals surface area contributed by atoms with Crippen LogP contribution in [0.2, 0.25) is 0 Å². The number of hydrogen-bond donors (Lipinski definition) is 1.